The Morgan fingerprint density at radius 2 is 1.67 bits per heavy atom. The average Bonchev–Trinajstić information content (AvgIpc) is 2.73. The second-order valence-corrected chi connectivity index (χ2v) is 7.75. The molecule has 0 radical (unpaired) electrons. The van der Waals surface area contributed by atoms with Gasteiger partial charge < -0.3 is 15.7 Å². The molecule has 1 heterocycles. The molecular formula is C22H21F4N5O2. The number of nitrogens with zero attached hydrogens (tertiary/aromatic N) is 3. The van der Waals surface area contributed by atoms with E-state index >= 15 is 0 Å². The predicted octanol–water partition coefficient (Wildman–Crippen LogP) is 4.97. The van der Waals surface area contributed by atoms with Gasteiger partial charge in [-0.15, -0.1) is 0 Å². The lowest BCUT2D eigenvalue weighted by molar-refractivity contribution is 0.0646. The summed E-state index contributed by atoms with van der Waals surface area (Å²) < 4.78 is 54.3. The third kappa shape index (κ3) is 5.75. The van der Waals surface area contributed by atoms with Crippen LogP contribution in [0.4, 0.5) is 45.5 Å². The highest BCUT2D eigenvalue weighted by Gasteiger charge is 2.25. The van der Waals surface area contributed by atoms with Crippen LogP contribution in [0.1, 0.15) is 20.8 Å². The Kier molecular flexibility index (Phi) is 6.82. The quantitative estimate of drug-likeness (QED) is 0.355. The molecule has 0 saturated heterocycles. The van der Waals surface area contributed by atoms with Crippen molar-refractivity contribution in [3.63, 3.8) is 0 Å². The van der Waals surface area contributed by atoms with Crippen LogP contribution < -0.4 is 15.5 Å². The van der Waals surface area contributed by atoms with Crippen molar-refractivity contribution in [1.29, 1.82) is 0 Å². The van der Waals surface area contributed by atoms with E-state index < -0.39 is 46.6 Å². The average molecular weight is 463 g/mol. The van der Waals surface area contributed by atoms with Crippen molar-refractivity contribution in [2.24, 2.45) is 0 Å². The first kappa shape index (κ1) is 23.9. The summed E-state index contributed by atoms with van der Waals surface area (Å²) in [6.07, 6.45) is 1.34. The van der Waals surface area contributed by atoms with Crippen molar-refractivity contribution >= 4 is 29.2 Å². The fourth-order valence-corrected chi connectivity index (χ4v) is 2.65. The van der Waals surface area contributed by atoms with Crippen molar-refractivity contribution in [3.8, 4) is 0 Å². The lowest BCUT2D eigenvalue weighted by Crippen LogP contribution is -2.40. The summed E-state index contributed by atoms with van der Waals surface area (Å²) in [4.78, 5) is 22.3. The normalized spacial score (nSPS) is 12.2. The number of halogens is 4. The van der Waals surface area contributed by atoms with E-state index in [4.69, 9.17) is 0 Å². The number of aliphatic hydroxyl groups is 1. The number of carbonyl (C=O) groups excluding carboxylic acids is 1. The number of rotatable bonds is 6. The van der Waals surface area contributed by atoms with Gasteiger partial charge in [0.15, 0.2) is 11.6 Å². The second kappa shape index (κ2) is 9.41. The Morgan fingerprint density at radius 1 is 1.03 bits per heavy atom. The van der Waals surface area contributed by atoms with Crippen LogP contribution >= 0.6 is 0 Å². The Hall–Kier alpha value is -3.73. The molecule has 0 unspecified atom stereocenters. The molecule has 0 aliphatic rings. The van der Waals surface area contributed by atoms with E-state index in [1.807, 2.05) is 0 Å². The summed E-state index contributed by atoms with van der Waals surface area (Å²) in [5.41, 5.74) is -1.57. The number of anilines is 4. The molecule has 0 spiro atoms. The Balaban J connectivity index is 1.99. The van der Waals surface area contributed by atoms with E-state index in [-0.39, 0.29) is 17.5 Å². The minimum absolute atomic E-state index is 0.00236. The SMILES string of the molecule is C[C@H](Nc1nccc(N(C(=O)Nc2cc(F)c(F)cc2F)c2ccc(F)cc2)n1)C(C)(C)O. The number of hydrogen-bond acceptors (Lipinski definition) is 5. The van der Waals surface area contributed by atoms with Crippen LogP contribution in [-0.4, -0.2) is 32.7 Å². The lowest BCUT2D eigenvalue weighted by Gasteiger charge is -2.27. The van der Waals surface area contributed by atoms with Gasteiger partial charge in [0, 0.05) is 24.4 Å². The maximum absolute atomic E-state index is 14.1. The number of benzene rings is 2. The smallest absolute Gasteiger partial charge is 0.332 e. The summed E-state index contributed by atoms with van der Waals surface area (Å²) in [5, 5.41) is 15.2. The third-order valence-electron chi connectivity index (χ3n) is 4.81. The Morgan fingerprint density at radius 3 is 2.30 bits per heavy atom. The molecule has 11 heteroatoms. The number of urea groups is 1. The zero-order valence-corrected chi connectivity index (χ0v) is 17.9. The van der Waals surface area contributed by atoms with Crippen molar-refractivity contribution in [2.75, 3.05) is 15.5 Å². The van der Waals surface area contributed by atoms with Gasteiger partial charge in [-0.1, -0.05) is 0 Å². The number of hydrogen-bond donors (Lipinski definition) is 3. The number of carbonyl (C=O) groups is 1. The molecule has 33 heavy (non-hydrogen) atoms. The zero-order chi connectivity index (χ0) is 24.3. The Labute approximate surface area is 187 Å². The molecule has 7 nitrogen and oxygen atoms in total. The molecule has 174 valence electrons. The monoisotopic (exact) mass is 463 g/mol. The molecule has 0 aliphatic carbocycles. The molecule has 2 amide bonds. The van der Waals surface area contributed by atoms with Crippen LogP contribution in [0.3, 0.4) is 0 Å². The number of amides is 2. The van der Waals surface area contributed by atoms with E-state index in [1.54, 1.807) is 20.8 Å². The number of nitrogens with one attached hydrogen (secondary N) is 2. The molecular weight excluding hydrogens is 442 g/mol. The largest absolute Gasteiger partial charge is 0.388 e. The van der Waals surface area contributed by atoms with Gasteiger partial charge in [-0.3, -0.25) is 0 Å². The van der Waals surface area contributed by atoms with Gasteiger partial charge in [-0.05, 0) is 45.0 Å². The first-order valence-corrected chi connectivity index (χ1v) is 9.79. The third-order valence-corrected chi connectivity index (χ3v) is 4.81. The highest BCUT2D eigenvalue weighted by atomic mass is 19.2. The number of aromatic nitrogens is 2. The molecule has 0 bridgehead atoms. The van der Waals surface area contributed by atoms with Gasteiger partial charge in [-0.2, -0.15) is 4.98 Å². The summed E-state index contributed by atoms with van der Waals surface area (Å²) in [5.74, 6) is -4.44. The maximum Gasteiger partial charge on any atom is 0.332 e. The van der Waals surface area contributed by atoms with Gasteiger partial charge in [-0.25, -0.2) is 32.2 Å². The summed E-state index contributed by atoms with van der Waals surface area (Å²) in [7, 11) is 0. The maximum atomic E-state index is 14.1. The highest BCUT2D eigenvalue weighted by molar-refractivity contribution is 6.06. The standard InChI is InChI=1S/C22H21F4N5O2/c1-12(22(2,3)33)28-20-27-9-8-19(30-20)31(14-6-4-13(23)5-7-14)21(32)29-18-11-16(25)15(24)10-17(18)26/h4-12,33H,1-3H3,(H,29,32)(H,27,28,30)/t12-/m0/s1. The van der Waals surface area contributed by atoms with Crippen molar-refractivity contribution in [3.05, 3.63) is 71.9 Å². The molecule has 1 atom stereocenters. The predicted molar refractivity (Wildman–Crippen MR) is 115 cm³/mol. The zero-order valence-electron chi connectivity index (χ0n) is 17.9. The summed E-state index contributed by atoms with van der Waals surface area (Å²) in [6.45, 7) is 4.87. The van der Waals surface area contributed by atoms with Crippen LogP contribution in [-0.2, 0) is 0 Å². The molecule has 3 N–H and O–H groups in total. The first-order valence-electron chi connectivity index (χ1n) is 9.79. The fourth-order valence-electron chi connectivity index (χ4n) is 2.65. The lowest BCUT2D eigenvalue weighted by atomic mass is 10.0. The molecule has 0 aliphatic heterocycles. The molecule has 2 aromatic carbocycles. The van der Waals surface area contributed by atoms with Gasteiger partial charge in [0.25, 0.3) is 0 Å². The van der Waals surface area contributed by atoms with Crippen molar-refractivity contribution < 1.29 is 27.5 Å². The van der Waals surface area contributed by atoms with E-state index in [9.17, 15) is 27.5 Å². The fraction of sp³-hybridized carbons (Fsp3) is 0.227. The molecule has 3 rings (SSSR count). The summed E-state index contributed by atoms with van der Waals surface area (Å²) in [6, 6.07) is 5.49. The molecule has 3 aromatic rings. The van der Waals surface area contributed by atoms with Gasteiger partial charge in [0.05, 0.1) is 23.0 Å². The van der Waals surface area contributed by atoms with Crippen molar-refractivity contribution in [2.45, 2.75) is 32.4 Å². The molecule has 0 saturated carbocycles. The van der Waals surface area contributed by atoms with Crippen LogP contribution in [0.25, 0.3) is 0 Å². The van der Waals surface area contributed by atoms with E-state index in [1.165, 1.54) is 24.4 Å². The highest BCUT2D eigenvalue weighted by Crippen LogP contribution is 2.27. The van der Waals surface area contributed by atoms with Crippen molar-refractivity contribution in [1.82, 2.24) is 9.97 Å². The topological polar surface area (TPSA) is 90.4 Å². The van der Waals surface area contributed by atoms with Crippen LogP contribution in [0.5, 0.6) is 0 Å². The van der Waals surface area contributed by atoms with E-state index in [0.717, 1.165) is 17.0 Å². The summed E-state index contributed by atoms with van der Waals surface area (Å²) >= 11 is 0. The second-order valence-electron chi connectivity index (χ2n) is 7.75. The van der Waals surface area contributed by atoms with Gasteiger partial charge in [0.2, 0.25) is 5.95 Å². The minimum Gasteiger partial charge on any atom is -0.388 e. The van der Waals surface area contributed by atoms with Gasteiger partial charge >= 0.3 is 6.03 Å². The molecule has 0 fully saturated rings. The van der Waals surface area contributed by atoms with E-state index in [0.29, 0.717) is 12.1 Å². The minimum atomic E-state index is -1.41. The van der Waals surface area contributed by atoms with Crippen LogP contribution in [0, 0.1) is 23.3 Å². The first-order chi connectivity index (χ1) is 15.5. The molecule has 1 aromatic heterocycles. The van der Waals surface area contributed by atoms with Crippen LogP contribution in [0.15, 0.2) is 48.7 Å². The Bertz CT molecular complexity index is 1150. The van der Waals surface area contributed by atoms with Crippen LogP contribution in [0.2, 0.25) is 0 Å². The van der Waals surface area contributed by atoms with Gasteiger partial charge in [0.1, 0.15) is 17.5 Å². The van der Waals surface area contributed by atoms with E-state index in [2.05, 4.69) is 20.6 Å².